The number of nitrogens with one attached hydrogen (secondary N) is 2. The number of amides is 2. The van der Waals surface area contributed by atoms with Crippen LogP contribution in [0.4, 0.5) is 22.0 Å². The van der Waals surface area contributed by atoms with E-state index in [-0.39, 0.29) is 12.6 Å². The van der Waals surface area contributed by atoms with Gasteiger partial charge in [-0.2, -0.15) is 0 Å². The predicted octanol–water partition coefficient (Wildman–Crippen LogP) is 5.96. The maximum atomic E-state index is 12.7. The quantitative estimate of drug-likeness (QED) is 0.359. The van der Waals surface area contributed by atoms with E-state index in [1.807, 2.05) is 42.5 Å². The third-order valence-corrected chi connectivity index (χ3v) is 5.99. The second-order valence-corrected chi connectivity index (χ2v) is 8.65. The molecule has 2 amide bonds. The molecule has 0 atom stereocenters. The molecule has 0 unspecified atom stereocenters. The number of aliphatic hydroxyl groups is 1. The molecule has 172 valence electrons. The van der Waals surface area contributed by atoms with Gasteiger partial charge in [-0.15, -0.1) is 0 Å². The zero-order chi connectivity index (χ0) is 23.0. The highest BCUT2D eigenvalue weighted by atomic mass is 35.5. The fourth-order valence-corrected chi connectivity index (χ4v) is 4.26. The Morgan fingerprint density at radius 1 is 1.00 bits per heavy atom. The van der Waals surface area contributed by atoms with Crippen molar-refractivity contribution in [2.75, 3.05) is 35.2 Å². The van der Waals surface area contributed by atoms with Crippen LogP contribution in [0.2, 0.25) is 5.02 Å². The van der Waals surface area contributed by atoms with Crippen molar-refractivity contribution in [3.05, 3.63) is 71.2 Å². The van der Waals surface area contributed by atoms with Crippen molar-refractivity contribution >= 4 is 34.8 Å². The summed E-state index contributed by atoms with van der Waals surface area (Å²) in [6, 6.07) is 18.9. The van der Waals surface area contributed by atoms with Crippen LogP contribution < -0.4 is 15.5 Å². The molecule has 2 aromatic carbocycles. The number of aryl methyl sites for hydroxylation is 1. The lowest BCUT2D eigenvalue weighted by Crippen LogP contribution is -2.20. The number of anilines is 3. The molecule has 1 aromatic heterocycles. The van der Waals surface area contributed by atoms with E-state index in [4.69, 9.17) is 21.7 Å². The van der Waals surface area contributed by atoms with Crippen molar-refractivity contribution in [3.8, 4) is 11.3 Å². The van der Waals surface area contributed by atoms with Crippen molar-refractivity contribution < 1.29 is 9.90 Å². The van der Waals surface area contributed by atoms with E-state index in [2.05, 4.69) is 21.6 Å². The molecule has 7 heteroatoms. The normalized spacial score (nSPS) is 13.2. The molecule has 4 rings (SSSR count). The number of nitrogens with zero attached hydrogens (tertiary/aromatic N) is 2. The van der Waals surface area contributed by atoms with Crippen LogP contribution in [0.5, 0.6) is 0 Å². The summed E-state index contributed by atoms with van der Waals surface area (Å²) in [7, 11) is 0. The van der Waals surface area contributed by atoms with Crippen LogP contribution in [-0.4, -0.2) is 35.8 Å². The van der Waals surface area contributed by atoms with Crippen molar-refractivity contribution in [1.29, 1.82) is 0 Å². The van der Waals surface area contributed by atoms with Gasteiger partial charge < -0.3 is 20.6 Å². The lowest BCUT2D eigenvalue weighted by Gasteiger charge is -2.17. The predicted molar refractivity (Wildman–Crippen MR) is 135 cm³/mol. The molecule has 1 aliphatic heterocycles. The van der Waals surface area contributed by atoms with Gasteiger partial charge in [0.05, 0.1) is 5.69 Å². The van der Waals surface area contributed by atoms with Gasteiger partial charge in [-0.25, -0.2) is 9.78 Å². The van der Waals surface area contributed by atoms with E-state index < -0.39 is 0 Å². The smallest absolute Gasteiger partial charge is 0.323 e. The van der Waals surface area contributed by atoms with Crippen LogP contribution in [-0.2, 0) is 6.42 Å². The minimum Gasteiger partial charge on any atom is -0.396 e. The summed E-state index contributed by atoms with van der Waals surface area (Å²) in [5.41, 5.74) is 4.18. The lowest BCUT2D eigenvalue weighted by atomic mass is 10.1. The van der Waals surface area contributed by atoms with Crippen molar-refractivity contribution in [2.24, 2.45) is 0 Å². The summed E-state index contributed by atoms with van der Waals surface area (Å²) < 4.78 is 0. The molecule has 33 heavy (non-hydrogen) atoms. The van der Waals surface area contributed by atoms with E-state index in [0.717, 1.165) is 48.6 Å². The fourth-order valence-electron chi connectivity index (χ4n) is 4.07. The lowest BCUT2D eigenvalue weighted by molar-refractivity contribution is 0.262. The van der Waals surface area contributed by atoms with E-state index in [1.54, 1.807) is 12.1 Å². The molecule has 0 aliphatic carbocycles. The molecule has 3 aromatic rings. The number of pyridine rings is 1. The van der Waals surface area contributed by atoms with Gasteiger partial charge in [0.15, 0.2) is 0 Å². The third-order valence-electron chi connectivity index (χ3n) is 5.75. The van der Waals surface area contributed by atoms with Gasteiger partial charge in [-0.05, 0) is 80.1 Å². The summed E-state index contributed by atoms with van der Waals surface area (Å²) in [5.74, 6) is 0.998. The maximum Gasteiger partial charge on any atom is 0.323 e. The van der Waals surface area contributed by atoms with Crippen LogP contribution in [0.3, 0.4) is 0 Å². The average Bonchev–Trinajstić information content (AvgIpc) is 3.36. The van der Waals surface area contributed by atoms with Gasteiger partial charge in [0, 0.05) is 41.7 Å². The third kappa shape index (κ3) is 6.24. The summed E-state index contributed by atoms with van der Waals surface area (Å²) >= 11 is 6.14. The fraction of sp³-hybridized carbons (Fsp3) is 0.308. The number of aliphatic hydroxyl groups excluding tert-OH is 1. The molecular weight excluding hydrogens is 436 g/mol. The van der Waals surface area contributed by atoms with Crippen LogP contribution in [0.15, 0.2) is 60.7 Å². The standard InChI is InChI=1S/C26H29ClN4O2/c27-21-12-13-24(19(17-21)7-1-4-16-32)30-26(33)28-22-9-5-8-20(18-22)23-10-6-11-25(29-23)31-14-2-3-15-31/h5-6,8-13,17-18,32H,1-4,7,14-16H2,(H2,28,30,33). The Balaban J connectivity index is 1.45. The minimum atomic E-state index is -0.323. The first kappa shape index (κ1) is 23.1. The monoisotopic (exact) mass is 464 g/mol. The van der Waals surface area contributed by atoms with E-state index in [9.17, 15) is 4.79 Å². The molecule has 0 saturated carbocycles. The highest BCUT2D eigenvalue weighted by Crippen LogP contribution is 2.26. The number of urea groups is 1. The Bertz CT molecular complexity index is 1100. The van der Waals surface area contributed by atoms with Crippen LogP contribution in [0, 0.1) is 0 Å². The molecule has 6 nitrogen and oxygen atoms in total. The number of hydrogen-bond acceptors (Lipinski definition) is 4. The zero-order valence-corrected chi connectivity index (χ0v) is 19.3. The summed E-state index contributed by atoms with van der Waals surface area (Å²) in [4.78, 5) is 19.9. The summed E-state index contributed by atoms with van der Waals surface area (Å²) in [6.07, 6.45) is 4.66. The largest absolute Gasteiger partial charge is 0.396 e. The number of benzene rings is 2. The Kier molecular flexibility index (Phi) is 7.81. The van der Waals surface area contributed by atoms with Gasteiger partial charge in [-0.1, -0.05) is 29.8 Å². The topological polar surface area (TPSA) is 77.5 Å². The first-order chi connectivity index (χ1) is 16.1. The average molecular weight is 465 g/mol. The van der Waals surface area contributed by atoms with Gasteiger partial charge in [0.25, 0.3) is 0 Å². The van der Waals surface area contributed by atoms with Crippen LogP contribution in [0.25, 0.3) is 11.3 Å². The van der Waals surface area contributed by atoms with Crippen molar-refractivity contribution in [2.45, 2.75) is 32.1 Å². The summed E-state index contributed by atoms with van der Waals surface area (Å²) in [5, 5.41) is 15.5. The first-order valence-electron chi connectivity index (χ1n) is 11.4. The van der Waals surface area contributed by atoms with Gasteiger partial charge >= 0.3 is 6.03 Å². The molecule has 1 aliphatic rings. The number of carbonyl (C=O) groups is 1. The van der Waals surface area contributed by atoms with Crippen molar-refractivity contribution in [3.63, 3.8) is 0 Å². The number of unbranched alkanes of at least 4 members (excludes halogenated alkanes) is 1. The Morgan fingerprint density at radius 2 is 1.82 bits per heavy atom. The zero-order valence-electron chi connectivity index (χ0n) is 18.6. The van der Waals surface area contributed by atoms with E-state index >= 15 is 0 Å². The SMILES string of the molecule is O=C(Nc1cccc(-c2cccc(N3CCCC3)n2)c1)Nc1ccc(Cl)cc1CCCCO. The first-order valence-corrected chi connectivity index (χ1v) is 11.8. The Morgan fingerprint density at radius 3 is 2.64 bits per heavy atom. The van der Waals surface area contributed by atoms with Crippen LogP contribution >= 0.6 is 11.6 Å². The number of halogens is 1. The second-order valence-electron chi connectivity index (χ2n) is 8.22. The van der Waals surface area contributed by atoms with Crippen molar-refractivity contribution in [1.82, 2.24) is 4.98 Å². The van der Waals surface area contributed by atoms with Gasteiger partial charge in [0.1, 0.15) is 5.82 Å². The minimum absolute atomic E-state index is 0.149. The van der Waals surface area contributed by atoms with E-state index in [1.165, 1.54) is 12.8 Å². The molecule has 1 saturated heterocycles. The number of rotatable bonds is 8. The highest BCUT2D eigenvalue weighted by molar-refractivity contribution is 6.30. The van der Waals surface area contributed by atoms with E-state index in [0.29, 0.717) is 22.8 Å². The van der Waals surface area contributed by atoms with Gasteiger partial charge in [-0.3, -0.25) is 0 Å². The molecule has 0 radical (unpaired) electrons. The number of hydrogen-bond donors (Lipinski definition) is 3. The Labute approximate surface area is 199 Å². The molecule has 0 bridgehead atoms. The molecule has 1 fully saturated rings. The maximum absolute atomic E-state index is 12.7. The molecule has 3 N–H and O–H groups in total. The molecule has 2 heterocycles. The number of carbonyl (C=O) groups excluding carboxylic acids is 1. The number of aromatic nitrogens is 1. The Hall–Kier alpha value is -3.09. The highest BCUT2D eigenvalue weighted by Gasteiger charge is 2.14. The van der Waals surface area contributed by atoms with Gasteiger partial charge in [0.2, 0.25) is 0 Å². The molecule has 0 spiro atoms. The summed E-state index contributed by atoms with van der Waals surface area (Å²) in [6.45, 7) is 2.24. The molecular formula is C26H29ClN4O2. The second kappa shape index (κ2) is 11.2. The van der Waals surface area contributed by atoms with Crippen LogP contribution in [0.1, 0.15) is 31.2 Å².